The van der Waals surface area contributed by atoms with Crippen LogP contribution in [-0.4, -0.2) is 25.0 Å². The zero-order valence-electron chi connectivity index (χ0n) is 6.86. The van der Waals surface area contributed by atoms with Crippen molar-refractivity contribution < 1.29 is 14.3 Å². The van der Waals surface area contributed by atoms with Crippen molar-refractivity contribution in [2.24, 2.45) is 0 Å². The first-order valence-corrected chi connectivity index (χ1v) is 4.15. The molecule has 0 bridgehead atoms. The van der Waals surface area contributed by atoms with Crippen LogP contribution < -0.4 is 5.32 Å². The molecule has 4 nitrogen and oxygen atoms in total. The molecular formula is C8H13NO3. The largest absolute Gasteiger partial charge is 0.465 e. The Labute approximate surface area is 71.3 Å². The van der Waals surface area contributed by atoms with Crippen LogP contribution in [0.15, 0.2) is 0 Å². The number of amides is 1. The normalized spacial score (nSPS) is 29.0. The van der Waals surface area contributed by atoms with Gasteiger partial charge in [0, 0.05) is 12.5 Å². The van der Waals surface area contributed by atoms with Crippen molar-refractivity contribution in [2.45, 2.75) is 37.8 Å². The van der Waals surface area contributed by atoms with Gasteiger partial charge in [0.1, 0.15) is 6.10 Å². The van der Waals surface area contributed by atoms with Crippen LogP contribution in [0.1, 0.15) is 25.7 Å². The van der Waals surface area contributed by atoms with Gasteiger partial charge in [0.05, 0.1) is 0 Å². The van der Waals surface area contributed by atoms with E-state index < -0.39 is 0 Å². The summed E-state index contributed by atoms with van der Waals surface area (Å²) < 4.78 is 4.82. The average Bonchev–Trinajstić information content (AvgIpc) is 2.06. The van der Waals surface area contributed by atoms with Crippen LogP contribution in [0, 0.1) is 0 Å². The van der Waals surface area contributed by atoms with Crippen LogP contribution in [0.25, 0.3) is 0 Å². The third-order valence-electron chi connectivity index (χ3n) is 2.18. The molecule has 1 amide bonds. The monoisotopic (exact) mass is 171 g/mol. The molecule has 2 unspecified atom stereocenters. The Morgan fingerprint density at radius 3 is 2.83 bits per heavy atom. The van der Waals surface area contributed by atoms with E-state index in [1.54, 1.807) is 0 Å². The minimum absolute atomic E-state index is 0.00583. The van der Waals surface area contributed by atoms with E-state index in [0.29, 0.717) is 12.9 Å². The number of hydrogen-bond acceptors (Lipinski definition) is 3. The Bertz CT molecular complexity index is 144. The van der Waals surface area contributed by atoms with Gasteiger partial charge in [-0.1, -0.05) is 0 Å². The number of nitrogens with one attached hydrogen (secondary N) is 1. The Morgan fingerprint density at radius 2 is 2.17 bits per heavy atom. The van der Waals surface area contributed by atoms with Crippen molar-refractivity contribution >= 4 is 12.9 Å². The first-order valence-electron chi connectivity index (χ1n) is 4.15. The quantitative estimate of drug-likeness (QED) is 0.615. The summed E-state index contributed by atoms with van der Waals surface area (Å²) in [5.41, 5.74) is 0. The molecule has 12 heavy (non-hydrogen) atoms. The lowest BCUT2D eigenvalue weighted by Gasteiger charge is -2.27. The van der Waals surface area contributed by atoms with Crippen molar-refractivity contribution in [3.05, 3.63) is 0 Å². The standard InChI is InChI=1S/C8H13NO3/c10-5-9-7-2-1-3-8(4-7)12-6-11/h5-8H,1-4H2,(H,9,10). The van der Waals surface area contributed by atoms with Gasteiger partial charge < -0.3 is 10.1 Å². The smallest absolute Gasteiger partial charge is 0.293 e. The van der Waals surface area contributed by atoms with Crippen LogP contribution in [0.3, 0.4) is 0 Å². The van der Waals surface area contributed by atoms with Gasteiger partial charge in [-0.3, -0.25) is 9.59 Å². The fourth-order valence-corrected chi connectivity index (χ4v) is 1.59. The predicted octanol–water partition coefficient (Wildman–Crippen LogP) is 0.217. The fourth-order valence-electron chi connectivity index (χ4n) is 1.59. The average molecular weight is 171 g/mol. The summed E-state index contributed by atoms with van der Waals surface area (Å²) in [6, 6.07) is 0.182. The molecule has 1 aliphatic carbocycles. The van der Waals surface area contributed by atoms with E-state index in [4.69, 9.17) is 4.74 Å². The molecule has 0 saturated heterocycles. The molecule has 1 aliphatic rings. The highest BCUT2D eigenvalue weighted by Gasteiger charge is 2.21. The first kappa shape index (κ1) is 9.03. The second kappa shape index (κ2) is 4.74. The van der Waals surface area contributed by atoms with E-state index in [9.17, 15) is 9.59 Å². The van der Waals surface area contributed by atoms with E-state index >= 15 is 0 Å². The van der Waals surface area contributed by atoms with E-state index in [0.717, 1.165) is 25.7 Å². The van der Waals surface area contributed by atoms with Gasteiger partial charge in [0.15, 0.2) is 0 Å². The molecule has 1 rings (SSSR count). The molecule has 1 saturated carbocycles. The van der Waals surface area contributed by atoms with Crippen LogP contribution >= 0.6 is 0 Å². The molecule has 1 fully saturated rings. The lowest BCUT2D eigenvalue weighted by Crippen LogP contribution is -2.36. The molecular weight excluding hydrogens is 158 g/mol. The molecule has 2 atom stereocenters. The minimum atomic E-state index is -0.00583. The lowest BCUT2D eigenvalue weighted by molar-refractivity contribution is -0.135. The van der Waals surface area contributed by atoms with Gasteiger partial charge in [-0.05, 0) is 19.3 Å². The van der Waals surface area contributed by atoms with Gasteiger partial charge in [0.2, 0.25) is 6.41 Å². The summed E-state index contributed by atoms with van der Waals surface area (Å²) in [5, 5.41) is 2.70. The number of carbonyl (C=O) groups excluding carboxylic acids is 2. The van der Waals surface area contributed by atoms with Crippen molar-refractivity contribution in [1.29, 1.82) is 0 Å². The van der Waals surface area contributed by atoms with Gasteiger partial charge in [0.25, 0.3) is 6.47 Å². The summed E-state index contributed by atoms with van der Waals surface area (Å²) >= 11 is 0. The van der Waals surface area contributed by atoms with Crippen molar-refractivity contribution in [3.8, 4) is 0 Å². The predicted molar refractivity (Wildman–Crippen MR) is 42.4 cm³/mol. The van der Waals surface area contributed by atoms with Gasteiger partial charge in [-0.15, -0.1) is 0 Å². The number of hydrogen-bond donors (Lipinski definition) is 1. The van der Waals surface area contributed by atoms with Crippen LogP contribution in [0.2, 0.25) is 0 Å². The highest BCUT2D eigenvalue weighted by atomic mass is 16.5. The maximum Gasteiger partial charge on any atom is 0.293 e. The van der Waals surface area contributed by atoms with Crippen LogP contribution in [0.5, 0.6) is 0 Å². The molecule has 0 aliphatic heterocycles. The first-order chi connectivity index (χ1) is 5.86. The number of ether oxygens (including phenoxy) is 1. The summed E-state index contributed by atoms with van der Waals surface area (Å²) in [6.07, 6.45) is 4.34. The molecule has 0 aromatic rings. The molecule has 4 heteroatoms. The maximum absolute atomic E-state index is 10.1. The molecule has 68 valence electrons. The lowest BCUT2D eigenvalue weighted by atomic mass is 9.93. The number of rotatable bonds is 4. The summed E-state index contributed by atoms with van der Waals surface area (Å²) in [6.45, 7) is 0.480. The van der Waals surface area contributed by atoms with Crippen molar-refractivity contribution in [2.75, 3.05) is 0 Å². The van der Waals surface area contributed by atoms with Crippen molar-refractivity contribution in [1.82, 2.24) is 5.32 Å². The van der Waals surface area contributed by atoms with E-state index in [2.05, 4.69) is 5.32 Å². The Hall–Kier alpha value is -1.06. The Kier molecular flexibility index (Phi) is 3.57. The van der Waals surface area contributed by atoms with Crippen LogP contribution in [-0.2, 0) is 14.3 Å². The SMILES string of the molecule is O=CNC1CCCC(OC=O)C1. The van der Waals surface area contributed by atoms with Crippen molar-refractivity contribution in [3.63, 3.8) is 0 Å². The van der Waals surface area contributed by atoms with Crippen LogP contribution in [0.4, 0.5) is 0 Å². The zero-order valence-corrected chi connectivity index (χ0v) is 6.86. The van der Waals surface area contributed by atoms with E-state index in [1.165, 1.54) is 0 Å². The van der Waals surface area contributed by atoms with E-state index in [1.807, 2.05) is 0 Å². The van der Waals surface area contributed by atoms with Gasteiger partial charge in [-0.25, -0.2) is 0 Å². The molecule has 0 spiro atoms. The summed E-state index contributed by atoms with van der Waals surface area (Å²) in [7, 11) is 0. The second-order valence-corrected chi connectivity index (χ2v) is 3.00. The summed E-state index contributed by atoms with van der Waals surface area (Å²) in [4.78, 5) is 20.1. The third kappa shape index (κ3) is 2.53. The number of carbonyl (C=O) groups is 2. The Balaban J connectivity index is 2.29. The maximum atomic E-state index is 10.1. The van der Waals surface area contributed by atoms with E-state index in [-0.39, 0.29) is 12.1 Å². The molecule has 0 heterocycles. The summed E-state index contributed by atoms with van der Waals surface area (Å²) in [5.74, 6) is 0. The minimum Gasteiger partial charge on any atom is -0.465 e. The fraction of sp³-hybridized carbons (Fsp3) is 0.750. The molecule has 1 N–H and O–H groups in total. The second-order valence-electron chi connectivity index (χ2n) is 3.00. The highest BCUT2D eigenvalue weighted by molar-refractivity contribution is 5.46. The van der Waals surface area contributed by atoms with Gasteiger partial charge >= 0.3 is 0 Å². The zero-order chi connectivity index (χ0) is 8.81. The molecule has 0 aromatic heterocycles. The topological polar surface area (TPSA) is 55.4 Å². The highest BCUT2D eigenvalue weighted by Crippen LogP contribution is 2.20. The molecule has 0 aromatic carbocycles. The third-order valence-corrected chi connectivity index (χ3v) is 2.18. The molecule has 0 radical (unpaired) electrons. The Morgan fingerprint density at radius 1 is 1.33 bits per heavy atom. The van der Waals surface area contributed by atoms with Gasteiger partial charge in [-0.2, -0.15) is 0 Å².